The maximum atomic E-state index is 5.74. The summed E-state index contributed by atoms with van der Waals surface area (Å²) in [5, 5.41) is 0. The van der Waals surface area contributed by atoms with Crippen LogP contribution in [0, 0.1) is 6.92 Å². The van der Waals surface area contributed by atoms with Gasteiger partial charge in [0.15, 0.2) is 5.65 Å². The molecule has 17 heavy (non-hydrogen) atoms. The predicted octanol–water partition coefficient (Wildman–Crippen LogP) is 2.30. The average Bonchev–Trinajstić information content (AvgIpc) is 2.79. The molecule has 1 aromatic carbocycles. The van der Waals surface area contributed by atoms with Gasteiger partial charge in [-0.05, 0) is 12.5 Å². The summed E-state index contributed by atoms with van der Waals surface area (Å²) in [6, 6.07) is 12.3. The minimum atomic E-state index is 0.657. The SMILES string of the molecule is Cc1nc2[nH]c(N)cc2n1Cc1ccccc1. The molecule has 0 spiro atoms. The molecule has 0 bridgehead atoms. The second kappa shape index (κ2) is 3.66. The molecule has 0 radical (unpaired) electrons. The summed E-state index contributed by atoms with van der Waals surface area (Å²) in [4.78, 5) is 7.51. The van der Waals surface area contributed by atoms with E-state index < -0.39 is 0 Å². The van der Waals surface area contributed by atoms with Crippen LogP contribution in [-0.4, -0.2) is 14.5 Å². The van der Waals surface area contributed by atoms with Crippen molar-refractivity contribution in [2.75, 3.05) is 5.73 Å². The highest BCUT2D eigenvalue weighted by atomic mass is 15.1. The van der Waals surface area contributed by atoms with Crippen LogP contribution in [0.3, 0.4) is 0 Å². The number of rotatable bonds is 2. The molecule has 0 saturated heterocycles. The van der Waals surface area contributed by atoms with E-state index in [9.17, 15) is 0 Å². The summed E-state index contributed by atoms with van der Waals surface area (Å²) in [5.41, 5.74) is 8.91. The monoisotopic (exact) mass is 226 g/mol. The van der Waals surface area contributed by atoms with Crippen molar-refractivity contribution in [3.05, 3.63) is 47.8 Å². The van der Waals surface area contributed by atoms with E-state index in [0.717, 1.165) is 23.5 Å². The lowest BCUT2D eigenvalue weighted by atomic mass is 10.2. The van der Waals surface area contributed by atoms with Gasteiger partial charge in [-0.3, -0.25) is 0 Å². The number of nitrogens with one attached hydrogen (secondary N) is 1. The third-order valence-corrected chi connectivity index (χ3v) is 2.94. The predicted molar refractivity (Wildman–Crippen MR) is 68.8 cm³/mol. The maximum Gasteiger partial charge on any atom is 0.157 e. The van der Waals surface area contributed by atoms with Gasteiger partial charge in [-0.2, -0.15) is 0 Å². The van der Waals surface area contributed by atoms with Gasteiger partial charge in [0.1, 0.15) is 11.6 Å². The fraction of sp³-hybridized carbons (Fsp3) is 0.154. The van der Waals surface area contributed by atoms with Crippen LogP contribution in [0.15, 0.2) is 36.4 Å². The van der Waals surface area contributed by atoms with E-state index in [-0.39, 0.29) is 0 Å². The first-order chi connectivity index (χ1) is 8.24. The van der Waals surface area contributed by atoms with E-state index >= 15 is 0 Å². The summed E-state index contributed by atoms with van der Waals surface area (Å²) in [6.07, 6.45) is 0. The number of fused-ring (bicyclic) bond motifs is 1. The first-order valence-corrected chi connectivity index (χ1v) is 5.59. The normalized spacial score (nSPS) is 11.1. The van der Waals surface area contributed by atoms with Gasteiger partial charge < -0.3 is 15.3 Å². The van der Waals surface area contributed by atoms with E-state index in [1.807, 2.05) is 31.2 Å². The third kappa shape index (κ3) is 1.67. The van der Waals surface area contributed by atoms with Gasteiger partial charge in [-0.15, -0.1) is 0 Å². The lowest BCUT2D eigenvalue weighted by molar-refractivity contribution is 0.786. The van der Waals surface area contributed by atoms with Crippen molar-refractivity contribution in [3.8, 4) is 0 Å². The number of H-pyrrole nitrogens is 1. The number of nitrogens with two attached hydrogens (primary N) is 1. The largest absolute Gasteiger partial charge is 0.385 e. The number of aromatic amines is 1. The number of anilines is 1. The Morgan fingerprint density at radius 3 is 2.82 bits per heavy atom. The second-order valence-electron chi connectivity index (χ2n) is 4.19. The van der Waals surface area contributed by atoms with Gasteiger partial charge in [0, 0.05) is 12.6 Å². The molecule has 2 aromatic heterocycles. The van der Waals surface area contributed by atoms with Gasteiger partial charge in [-0.1, -0.05) is 30.3 Å². The number of hydrogen-bond acceptors (Lipinski definition) is 2. The molecular formula is C13H14N4. The zero-order valence-corrected chi connectivity index (χ0v) is 9.64. The van der Waals surface area contributed by atoms with Crippen LogP contribution in [0.1, 0.15) is 11.4 Å². The summed E-state index contributed by atoms with van der Waals surface area (Å²) in [5.74, 6) is 1.65. The van der Waals surface area contributed by atoms with Crippen LogP contribution in [0.5, 0.6) is 0 Å². The third-order valence-electron chi connectivity index (χ3n) is 2.94. The fourth-order valence-corrected chi connectivity index (χ4v) is 2.11. The van der Waals surface area contributed by atoms with Crippen molar-refractivity contribution in [2.24, 2.45) is 0 Å². The molecule has 0 aliphatic heterocycles. The van der Waals surface area contributed by atoms with Gasteiger partial charge >= 0.3 is 0 Å². The highest BCUT2D eigenvalue weighted by Crippen LogP contribution is 2.19. The summed E-state index contributed by atoms with van der Waals surface area (Å²) in [7, 11) is 0. The first-order valence-electron chi connectivity index (χ1n) is 5.59. The Bertz CT molecular complexity index is 649. The van der Waals surface area contributed by atoms with Gasteiger partial charge in [0.2, 0.25) is 0 Å². The minimum Gasteiger partial charge on any atom is -0.385 e. The molecule has 3 N–H and O–H groups in total. The van der Waals surface area contributed by atoms with Crippen molar-refractivity contribution in [1.82, 2.24) is 14.5 Å². The van der Waals surface area contributed by atoms with E-state index in [2.05, 4.69) is 26.7 Å². The molecule has 0 fully saturated rings. The van der Waals surface area contributed by atoms with Crippen LogP contribution in [0.2, 0.25) is 0 Å². The van der Waals surface area contributed by atoms with Gasteiger partial charge in [0.25, 0.3) is 0 Å². The minimum absolute atomic E-state index is 0.657. The van der Waals surface area contributed by atoms with Crippen molar-refractivity contribution < 1.29 is 0 Å². The summed E-state index contributed by atoms with van der Waals surface area (Å²) in [6.45, 7) is 2.83. The lowest BCUT2D eigenvalue weighted by Gasteiger charge is -2.05. The maximum absolute atomic E-state index is 5.74. The van der Waals surface area contributed by atoms with Crippen molar-refractivity contribution in [1.29, 1.82) is 0 Å². The number of hydrogen-bond donors (Lipinski definition) is 2. The second-order valence-corrected chi connectivity index (χ2v) is 4.19. The molecule has 3 aromatic rings. The Kier molecular flexibility index (Phi) is 2.14. The van der Waals surface area contributed by atoms with Crippen molar-refractivity contribution >= 4 is 17.0 Å². The Morgan fingerprint density at radius 2 is 2.06 bits per heavy atom. The number of benzene rings is 1. The number of imidazole rings is 1. The average molecular weight is 226 g/mol. The van der Waals surface area contributed by atoms with Gasteiger partial charge in [-0.25, -0.2) is 4.98 Å². The smallest absolute Gasteiger partial charge is 0.157 e. The zero-order chi connectivity index (χ0) is 11.8. The molecule has 0 atom stereocenters. The molecule has 0 aliphatic carbocycles. The molecule has 0 saturated carbocycles. The topological polar surface area (TPSA) is 59.6 Å². The molecule has 4 nitrogen and oxygen atoms in total. The Morgan fingerprint density at radius 1 is 1.29 bits per heavy atom. The highest BCUT2D eigenvalue weighted by Gasteiger charge is 2.09. The Balaban J connectivity index is 2.07. The quantitative estimate of drug-likeness (QED) is 0.704. The molecule has 0 unspecified atom stereocenters. The van der Waals surface area contributed by atoms with Crippen LogP contribution < -0.4 is 5.73 Å². The van der Waals surface area contributed by atoms with Crippen LogP contribution in [0.25, 0.3) is 11.2 Å². The fourth-order valence-electron chi connectivity index (χ4n) is 2.11. The van der Waals surface area contributed by atoms with E-state index in [4.69, 9.17) is 5.73 Å². The Labute approximate surface area is 99.1 Å². The number of aryl methyl sites for hydroxylation is 1. The Hall–Kier alpha value is -2.23. The van der Waals surface area contributed by atoms with E-state index in [0.29, 0.717) is 5.82 Å². The number of nitrogens with zero attached hydrogens (tertiary/aromatic N) is 2. The number of aromatic nitrogens is 3. The summed E-state index contributed by atoms with van der Waals surface area (Å²) >= 11 is 0. The summed E-state index contributed by atoms with van der Waals surface area (Å²) < 4.78 is 2.16. The van der Waals surface area contributed by atoms with Crippen molar-refractivity contribution in [2.45, 2.75) is 13.5 Å². The van der Waals surface area contributed by atoms with Crippen LogP contribution in [0.4, 0.5) is 5.82 Å². The van der Waals surface area contributed by atoms with Crippen molar-refractivity contribution in [3.63, 3.8) is 0 Å². The highest BCUT2D eigenvalue weighted by molar-refractivity contribution is 5.77. The zero-order valence-electron chi connectivity index (χ0n) is 9.64. The molecule has 0 amide bonds. The molecular weight excluding hydrogens is 212 g/mol. The molecule has 86 valence electrons. The molecule has 0 aliphatic rings. The number of nitrogen functional groups attached to an aromatic ring is 1. The van der Waals surface area contributed by atoms with Crippen LogP contribution >= 0.6 is 0 Å². The standard InChI is InChI=1S/C13H14N4/c1-9-15-13-11(7-12(14)16-13)17(9)8-10-5-3-2-4-6-10/h2-7,16H,8,14H2,1H3. The van der Waals surface area contributed by atoms with E-state index in [1.165, 1.54) is 5.56 Å². The molecule has 2 heterocycles. The molecule has 4 heteroatoms. The van der Waals surface area contributed by atoms with Gasteiger partial charge in [0.05, 0.1) is 5.52 Å². The van der Waals surface area contributed by atoms with E-state index in [1.54, 1.807) is 0 Å². The van der Waals surface area contributed by atoms with Crippen LogP contribution in [-0.2, 0) is 6.54 Å². The lowest BCUT2D eigenvalue weighted by Crippen LogP contribution is -2.01. The first kappa shape index (κ1) is 9.96. The molecule has 3 rings (SSSR count).